The first-order valence-electron chi connectivity index (χ1n) is 7.62. The number of nitrogens with two attached hydrogens (primary N) is 1. The number of anilines is 1. The summed E-state index contributed by atoms with van der Waals surface area (Å²) in [7, 11) is 0. The summed E-state index contributed by atoms with van der Waals surface area (Å²) in [5.74, 6) is 0.334. The van der Waals surface area contributed by atoms with Gasteiger partial charge in [-0.05, 0) is 44.0 Å². The molecule has 0 aliphatic carbocycles. The van der Waals surface area contributed by atoms with Crippen molar-refractivity contribution >= 4 is 5.69 Å². The van der Waals surface area contributed by atoms with Crippen molar-refractivity contribution in [1.29, 1.82) is 0 Å². The Bertz CT molecular complexity index is 567. The predicted molar refractivity (Wildman–Crippen MR) is 86.9 cm³/mol. The van der Waals surface area contributed by atoms with Gasteiger partial charge in [0.25, 0.3) is 0 Å². The summed E-state index contributed by atoms with van der Waals surface area (Å²) < 4.78 is 1.90. The Morgan fingerprint density at radius 2 is 1.76 bits per heavy atom. The highest BCUT2D eigenvalue weighted by atomic mass is 15.4. The maximum absolute atomic E-state index is 5.76. The van der Waals surface area contributed by atoms with Crippen LogP contribution in [0.1, 0.15) is 45.0 Å². The Kier molecular flexibility index (Phi) is 4.96. The van der Waals surface area contributed by atoms with Gasteiger partial charge in [-0.2, -0.15) is 0 Å². The first-order valence-corrected chi connectivity index (χ1v) is 7.62. The van der Waals surface area contributed by atoms with E-state index in [1.54, 1.807) is 0 Å². The Morgan fingerprint density at radius 3 is 2.24 bits per heavy atom. The van der Waals surface area contributed by atoms with E-state index in [0.717, 1.165) is 30.2 Å². The van der Waals surface area contributed by atoms with Crippen LogP contribution in [0.3, 0.4) is 0 Å². The van der Waals surface area contributed by atoms with Crippen molar-refractivity contribution in [2.75, 3.05) is 18.0 Å². The Labute approximate surface area is 126 Å². The Morgan fingerprint density at radius 1 is 1.14 bits per heavy atom. The molecule has 114 valence electrons. The minimum atomic E-state index is 0.334. The molecule has 0 saturated carbocycles. The molecular formula is C16H25N5. The second kappa shape index (κ2) is 6.72. The number of benzene rings is 1. The number of aromatic nitrogens is 3. The third-order valence-electron chi connectivity index (χ3n) is 3.74. The van der Waals surface area contributed by atoms with E-state index in [2.05, 4.69) is 67.2 Å². The molecular weight excluding hydrogens is 262 g/mol. The van der Waals surface area contributed by atoms with E-state index in [1.165, 1.54) is 5.69 Å². The monoisotopic (exact) mass is 287 g/mol. The van der Waals surface area contributed by atoms with Crippen LogP contribution in [0.15, 0.2) is 24.3 Å². The van der Waals surface area contributed by atoms with E-state index >= 15 is 0 Å². The van der Waals surface area contributed by atoms with Crippen LogP contribution in [0.2, 0.25) is 0 Å². The van der Waals surface area contributed by atoms with Crippen molar-refractivity contribution in [1.82, 2.24) is 15.0 Å². The summed E-state index contributed by atoms with van der Waals surface area (Å²) in [4.78, 5) is 2.32. The standard InChI is InChI=1S/C16H25N5/c1-5-20(6-2)13-7-9-14(10-8-13)21-16(12(3)4)15(11-17)18-19-21/h7-10,12H,5-6,11,17H2,1-4H3. The van der Waals surface area contributed by atoms with Crippen molar-refractivity contribution in [3.05, 3.63) is 35.7 Å². The lowest BCUT2D eigenvalue weighted by Crippen LogP contribution is -2.21. The second-order valence-corrected chi connectivity index (χ2v) is 5.38. The molecule has 0 spiro atoms. The maximum atomic E-state index is 5.76. The third kappa shape index (κ3) is 3.08. The summed E-state index contributed by atoms with van der Waals surface area (Å²) in [6.07, 6.45) is 0. The lowest BCUT2D eigenvalue weighted by molar-refractivity contribution is 0.713. The molecule has 0 amide bonds. The van der Waals surface area contributed by atoms with E-state index < -0.39 is 0 Å². The lowest BCUT2D eigenvalue weighted by Gasteiger charge is -2.21. The minimum absolute atomic E-state index is 0.334. The zero-order chi connectivity index (χ0) is 15.4. The fourth-order valence-corrected chi connectivity index (χ4v) is 2.63. The van der Waals surface area contributed by atoms with Crippen molar-refractivity contribution in [2.24, 2.45) is 5.73 Å². The highest BCUT2D eigenvalue weighted by Crippen LogP contribution is 2.23. The number of rotatable bonds is 6. The predicted octanol–water partition coefficient (Wildman–Crippen LogP) is 2.70. The van der Waals surface area contributed by atoms with Gasteiger partial charge >= 0.3 is 0 Å². The fourth-order valence-electron chi connectivity index (χ4n) is 2.63. The fraction of sp³-hybridized carbons (Fsp3) is 0.500. The van der Waals surface area contributed by atoms with Gasteiger partial charge in [-0.15, -0.1) is 5.10 Å². The van der Waals surface area contributed by atoms with Crippen LogP contribution < -0.4 is 10.6 Å². The van der Waals surface area contributed by atoms with E-state index in [-0.39, 0.29) is 0 Å². The van der Waals surface area contributed by atoms with Gasteiger partial charge in [0.2, 0.25) is 0 Å². The van der Waals surface area contributed by atoms with Gasteiger partial charge < -0.3 is 10.6 Å². The quantitative estimate of drug-likeness (QED) is 0.887. The minimum Gasteiger partial charge on any atom is -0.372 e. The van der Waals surface area contributed by atoms with Crippen molar-refractivity contribution in [3.8, 4) is 5.69 Å². The lowest BCUT2D eigenvalue weighted by atomic mass is 10.1. The largest absolute Gasteiger partial charge is 0.372 e. The summed E-state index contributed by atoms with van der Waals surface area (Å²) in [6, 6.07) is 8.45. The Hall–Kier alpha value is -1.88. The smallest absolute Gasteiger partial charge is 0.100 e. The summed E-state index contributed by atoms with van der Waals surface area (Å²) >= 11 is 0. The molecule has 2 N–H and O–H groups in total. The first-order chi connectivity index (χ1) is 10.1. The topological polar surface area (TPSA) is 60.0 Å². The maximum Gasteiger partial charge on any atom is 0.100 e. The van der Waals surface area contributed by atoms with Crippen LogP contribution in [-0.4, -0.2) is 28.1 Å². The number of hydrogen-bond donors (Lipinski definition) is 1. The molecule has 5 nitrogen and oxygen atoms in total. The van der Waals surface area contributed by atoms with Crippen LogP contribution in [0.5, 0.6) is 0 Å². The molecule has 2 rings (SSSR count). The molecule has 0 unspecified atom stereocenters. The molecule has 21 heavy (non-hydrogen) atoms. The van der Waals surface area contributed by atoms with Crippen LogP contribution in [-0.2, 0) is 6.54 Å². The van der Waals surface area contributed by atoms with Crippen LogP contribution in [0, 0.1) is 0 Å². The van der Waals surface area contributed by atoms with Gasteiger partial charge in [-0.3, -0.25) is 0 Å². The molecule has 1 aromatic carbocycles. The van der Waals surface area contributed by atoms with Gasteiger partial charge in [0.1, 0.15) is 5.69 Å². The molecule has 0 radical (unpaired) electrons. The van der Waals surface area contributed by atoms with E-state index in [4.69, 9.17) is 5.73 Å². The summed E-state index contributed by atoms with van der Waals surface area (Å²) in [5.41, 5.74) is 9.98. The van der Waals surface area contributed by atoms with Gasteiger partial charge in [0.15, 0.2) is 0 Å². The van der Waals surface area contributed by atoms with E-state index in [1.807, 2.05) is 4.68 Å². The van der Waals surface area contributed by atoms with Crippen molar-refractivity contribution in [3.63, 3.8) is 0 Å². The molecule has 2 aromatic rings. The molecule has 0 fully saturated rings. The van der Waals surface area contributed by atoms with E-state index in [0.29, 0.717) is 12.5 Å². The van der Waals surface area contributed by atoms with Gasteiger partial charge in [-0.25, -0.2) is 4.68 Å². The summed E-state index contributed by atoms with van der Waals surface area (Å²) in [6.45, 7) is 11.0. The molecule has 0 atom stereocenters. The number of hydrogen-bond acceptors (Lipinski definition) is 4. The highest BCUT2D eigenvalue weighted by molar-refractivity contribution is 5.51. The summed E-state index contributed by atoms with van der Waals surface area (Å²) in [5, 5.41) is 8.47. The normalized spacial score (nSPS) is 11.1. The van der Waals surface area contributed by atoms with Gasteiger partial charge in [0.05, 0.1) is 11.4 Å². The first kappa shape index (κ1) is 15.5. The molecule has 0 aliphatic heterocycles. The average molecular weight is 287 g/mol. The molecule has 0 saturated heterocycles. The third-order valence-corrected chi connectivity index (χ3v) is 3.74. The molecule has 1 heterocycles. The van der Waals surface area contributed by atoms with Crippen LogP contribution in [0.4, 0.5) is 5.69 Å². The highest BCUT2D eigenvalue weighted by Gasteiger charge is 2.16. The zero-order valence-corrected chi connectivity index (χ0v) is 13.4. The van der Waals surface area contributed by atoms with Crippen LogP contribution in [0.25, 0.3) is 5.69 Å². The van der Waals surface area contributed by atoms with Crippen molar-refractivity contribution in [2.45, 2.75) is 40.2 Å². The molecule has 5 heteroatoms. The van der Waals surface area contributed by atoms with Gasteiger partial charge in [-0.1, -0.05) is 19.1 Å². The molecule has 0 bridgehead atoms. The number of nitrogens with zero attached hydrogens (tertiary/aromatic N) is 4. The van der Waals surface area contributed by atoms with Crippen molar-refractivity contribution < 1.29 is 0 Å². The molecule has 1 aromatic heterocycles. The van der Waals surface area contributed by atoms with Crippen LogP contribution >= 0.6 is 0 Å². The zero-order valence-electron chi connectivity index (χ0n) is 13.4. The molecule has 0 aliphatic rings. The SMILES string of the molecule is CCN(CC)c1ccc(-n2nnc(CN)c2C(C)C)cc1. The second-order valence-electron chi connectivity index (χ2n) is 5.38. The van der Waals surface area contributed by atoms with Gasteiger partial charge in [0, 0.05) is 25.3 Å². The average Bonchev–Trinajstić information content (AvgIpc) is 2.93. The Balaban J connectivity index is 2.37. The van der Waals surface area contributed by atoms with E-state index in [9.17, 15) is 0 Å².